The fourth-order valence-electron chi connectivity index (χ4n) is 4.08. The minimum atomic E-state index is -0.344. The number of rotatable bonds is 7. The van der Waals surface area contributed by atoms with Crippen LogP contribution in [-0.2, 0) is 16.1 Å². The molecule has 7 heteroatoms. The first-order valence-corrected chi connectivity index (χ1v) is 11.9. The fourth-order valence-corrected chi connectivity index (χ4v) is 5.15. The van der Waals surface area contributed by atoms with Crippen LogP contribution < -0.4 is 10.1 Å². The predicted molar refractivity (Wildman–Crippen MR) is 130 cm³/mol. The molecule has 6 nitrogen and oxygen atoms in total. The molecule has 2 unspecified atom stereocenters. The highest BCUT2D eigenvalue weighted by molar-refractivity contribution is 7.15. The molecule has 1 aliphatic heterocycles. The number of likely N-dealkylation sites (tertiary alicyclic amines) is 1. The lowest BCUT2D eigenvalue weighted by molar-refractivity contribution is -0.129. The van der Waals surface area contributed by atoms with E-state index in [9.17, 15) is 9.59 Å². The predicted octanol–water partition coefficient (Wildman–Crippen LogP) is 4.66. The average Bonchev–Trinajstić information content (AvgIpc) is 3.37. The zero-order valence-electron chi connectivity index (χ0n) is 19.4. The molecular formula is C26H29N3O3S. The number of amides is 2. The molecular weight excluding hydrogens is 434 g/mol. The minimum Gasteiger partial charge on any atom is -0.497 e. The van der Waals surface area contributed by atoms with Crippen molar-refractivity contribution in [2.45, 2.75) is 39.8 Å². The van der Waals surface area contributed by atoms with Gasteiger partial charge in [-0.15, -0.1) is 11.3 Å². The summed E-state index contributed by atoms with van der Waals surface area (Å²) < 4.78 is 5.18. The summed E-state index contributed by atoms with van der Waals surface area (Å²) in [6.07, 6.45) is 0.241. The van der Waals surface area contributed by atoms with Crippen molar-refractivity contribution >= 4 is 23.2 Å². The van der Waals surface area contributed by atoms with E-state index in [0.29, 0.717) is 13.1 Å². The van der Waals surface area contributed by atoms with Crippen LogP contribution in [0.15, 0.2) is 48.5 Å². The third-order valence-corrected chi connectivity index (χ3v) is 7.39. The Balaban J connectivity index is 1.38. The summed E-state index contributed by atoms with van der Waals surface area (Å²) >= 11 is 1.60. The summed E-state index contributed by atoms with van der Waals surface area (Å²) in [4.78, 5) is 33.0. The number of aromatic nitrogens is 1. The first kappa shape index (κ1) is 23.0. The topological polar surface area (TPSA) is 71.5 Å². The molecule has 2 atom stereocenters. The van der Waals surface area contributed by atoms with Crippen molar-refractivity contribution in [3.8, 4) is 16.3 Å². The Bertz CT molecular complexity index is 1140. The molecule has 1 N–H and O–H groups in total. The van der Waals surface area contributed by atoms with Crippen LogP contribution in [0.3, 0.4) is 0 Å². The molecule has 33 heavy (non-hydrogen) atoms. The zero-order chi connectivity index (χ0) is 23.5. The van der Waals surface area contributed by atoms with E-state index in [0.717, 1.165) is 32.5 Å². The van der Waals surface area contributed by atoms with Gasteiger partial charge in [-0.3, -0.25) is 9.59 Å². The first-order chi connectivity index (χ1) is 15.8. The van der Waals surface area contributed by atoms with Crippen molar-refractivity contribution in [2.75, 3.05) is 13.7 Å². The molecule has 0 bridgehead atoms. The molecule has 0 radical (unpaired) electrons. The number of carbonyl (C=O) groups is 2. The van der Waals surface area contributed by atoms with E-state index in [1.807, 2.05) is 38.1 Å². The van der Waals surface area contributed by atoms with Gasteiger partial charge in [-0.1, -0.05) is 42.0 Å². The number of nitrogens with zero attached hydrogens (tertiary/aromatic N) is 2. The van der Waals surface area contributed by atoms with Gasteiger partial charge in [0.2, 0.25) is 11.8 Å². The van der Waals surface area contributed by atoms with Crippen molar-refractivity contribution in [2.24, 2.45) is 5.92 Å². The highest BCUT2D eigenvalue weighted by atomic mass is 32.1. The molecule has 2 heterocycles. The Morgan fingerprint density at radius 2 is 1.88 bits per heavy atom. The van der Waals surface area contributed by atoms with Crippen LogP contribution in [0.4, 0.5) is 0 Å². The van der Waals surface area contributed by atoms with Crippen molar-refractivity contribution in [3.05, 3.63) is 70.2 Å². The molecule has 2 amide bonds. The lowest BCUT2D eigenvalue weighted by Gasteiger charge is -2.18. The lowest BCUT2D eigenvalue weighted by Crippen LogP contribution is -2.34. The zero-order valence-corrected chi connectivity index (χ0v) is 20.2. The highest BCUT2D eigenvalue weighted by Gasteiger charge is 2.35. The van der Waals surface area contributed by atoms with E-state index in [1.54, 1.807) is 23.3 Å². The number of hydrogen-bond donors (Lipinski definition) is 1. The van der Waals surface area contributed by atoms with Gasteiger partial charge in [-0.2, -0.15) is 0 Å². The molecule has 3 aromatic rings. The third-order valence-electron chi connectivity index (χ3n) is 6.00. The molecule has 1 saturated heterocycles. The standard InChI is InChI=1S/C26H29N3O3S/c1-16-5-9-20(10-6-16)26-28-18(3)24(33-26)17(2)27-25(31)21-13-23(30)29(15-21)14-19-7-11-22(32-4)12-8-19/h5-12,17,21H,13-15H2,1-4H3,(H,27,31). The molecule has 0 spiro atoms. The third kappa shape index (κ3) is 5.25. The van der Waals surface area contributed by atoms with Gasteiger partial charge in [0, 0.05) is 25.1 Å². The molecule has 172 valence electrons. The van der Waals surface area contributed by atoms with E-state index in [2.05, 4.69) is 36.5 Å². The van der Waals surface area contributed by atoms with Crippen LogP contribution >= 0.6 is 11.3 Å². The van der Waals surface area contributed by atoms with E-state index >= 15 is 0 Å². The molecule has 0 aliphatic carbocycles. The molecule has 1 aromatic heterocycles. The quantitative estimate of drug-likeness (QED) is 0.553. The van der Waals surface area contributed by atoms with E-state index in [4.69, 9.17) is 9.72 Å². The second-order valence-corrected chi connectivity index (χ2v) is 9.62. The van der Waals surface area contributed by atoms with Crippen molar-refractivity contribution < 1.29 is 14.3 Å². The molecule has 0 saturated carbocycles. The highest BCUT2D eigenvalue weighted by Crippen LogP contribution is 2.32. The molecule has 2 aromatic carbocycles. The van der Waals surface area contributed by atoms with Crippen molar-refractivity contribution in [3.63, 3.8) is 0 Å². The van der Waals surface area contributed by atoms with E-state index < -0.39 is 0 Å². The SMILES string of the molecule is COc1ccc(CN2CC(C(=O)NC(C)c3sc(-c4ccc(C)cc4)nc3C)CC2=O)cc1. The second kappa shape index (κ2) is 9.75. The first-order valence-electron chi connectivity index (χ1n) is 11.1. The monoisotopic (exact) mass is 463 g/mol. The normalized spacial score (nSPS) is 16.7. The number of hydrogen-bond acceptors (Lipinski definition) is 5. The van der Waals surface area contributed by atoms with Crippen LogP contribution in [0, 0.1) is 19.8 Å². The van der Waals surface area contributed by atoms with Gasteiger partial charge < -0.3 is 15.0 Å². The Hall–Kier alpha value is -3.19. The van der Waals surface area contributed by atoms with Gasteiger partial charge in [-0.05, 0) is 38.5 Å². The Morgan fingerprint density at radius 3 is 2.55 bits per heavy atom. The summed E-state index contributed by atoms with van der Waals surface area (Å²) in [7, 11) is 1.63. The van der Waals surface area contributed by atoms with Crippen molar-refractivity contribution in [1.82, 2.24) is 15.2 Å². The molecule has 1 fully saturated rings. The Morgan fingerprint density at radius 1 is 1.18 bits per heavy atom. The van der Waals surface area contributed by atoms with E-state index in [1.165, 1.54) is 5.56 Å². The summed E-state index contributed by atoms with van der Waals surface area (Å²) in [5, 5.41) is 4.06. The average molecular weight is 464 g/mol. The lowest BCUT2D eigenvalue weighted by atomic mass is 10.1. The number of thiazole rings is 1. The van der Waals surface area contributed by atoms with Gasteiger partial charge in [0.1, 0.15) is 10.8 Å². The minimum absolute atomic E-state index is 0.00856. The number of nitrogens with one attached hydrogen (secondary N) is 1. The van der Waals surface area contributed by atoms with Crippen LogP contribution in [0.5, 0.6) is 5.75 Å². The summed E-state index contributed by atoms with van der Waals surface area (Å²) in [5.41, 5.74) is 4.23. The molecule has 1 aliphatic rings. The van der Waals surface area contributed by atoms with Gasteiger partial charge in [-0.25, -0.2) is 4.98 Å². The van der Waals surface area contributed by atoms with Crippen LogP contribution in [0.25, 0.3) is 10.6 Å². The van der Waals surface area contributed by atoms with E-state index in [-0.39, 0.29) is 30.2 Å². The Kier molecular flexibility index (Phi) is 6.79. The summed E-state index contributed by atoms with van der Waals surface area (Å²) in [6, 6.07) is 15.8. The largest absolute Gasteiger partial charge is 0.497 e. The van der Waals surface area contributed by atoms with Gasteiger partial charge in [0.25, 0.3) is 0 Å². The maximum absolute atomic E-state index is 13.0. The Labute approximate surface area is 198 Å². The number of benzene rings is 2. The van der Waals surface area contributed by atoms with Crippen LogP contribution in [0.1, 0.15) is 41.1 Å². The van der Waals surface area contributed by atoms with Crippen LogP contribution in [-0.4, -0.2) is 35.4 Å². The summed E-state index contributed by atoms with van der Waals surface area (Å²) in [5.74, 6) is 0.358. The number of carbonyl (C=O) groups excluding carboxylic acids is 2. The summed E-state index contributed by atoms with van der Waals surface area (Å²) in [6.45, 7) is 6.94. The maximum atomic E-state index is 13.0. The van der Waals surface area contributed by atoms with Crippen LogP contribution in [0.2, 0.25) is 0 Å². The van der Waals surface area contributed by atoms with Gasteiger partial charge in [0.05, 0.1) is 29.6 Å². The fraction of sp³-hybridized carbons (Fsp3) is 0.346. The number of methoxy groups -OCH3 is 1. The molecule has 4 rings (SSSR count). The number of ether oxygens (including phenoxy) is 1. The van der Waals surface area contributed by atoms with Gasteiger partial charge in [0.15, 0.2) is 0 Å². The van der Waals surface area contributed by atoms with Crippen molar-refractivity contribution in [1.29, 1.82) is 0 Å². The van der Waals surface area contributed by atoms with Gasteiger partial charge >= 0.3 is 0 Å². The number of aryl methyl sites for hydroxylation is 2. The maximum Gasteiger partial charge on any atom is 0.225 e. The second-order valence-electron chi connectivity index (χ2n) is 8.59. The smallest absolute Gasteiger partial charge is 0.225 e.